The van der Waals surface area contributed by atoms with Crippen molar-refractivity contribution < 1.29 is 25.9 Å². The van der Waals surface area contributed by atoms with Crippen LogP contribution in [-0.2, 0) is 26.8 Å². The first-order valence-electron chi connectivity index (χ1n) is 8.06. The predicted molar refractivity (Wildman–Crippen MR) is 102 cm³/mol. The minimum absolute atomic E-state index is 0.0694. The van der Waals surface area contributed by atoms with Crippen LogP contribution in [0.2, 0.25) is 0 Å². The quantitative estimate of drug-likeness (QED) is 0.323. The summed E-state index contributed by atoms with van der Waals surface area (Å²) < 4.78 is 62.1. The molecule has 0 aliphatic rings. The van der Waals surface area contributed by atoms with E-state index in [2.05, 4.69) is 30.9 Å². The molecule has 12 nitrogen and oxygen atoms in total. The fourth-order valence-corrected chi connectivity index (χ4v) is 2.91. The van der Waals surface area contributed by atoms with E-state index < -0.39 is 26.0 Å². The Morgan fingerprint density at radius 2 is 1.75 bits per heavy atom. The van der Waals surface area contributed by atoms with E-state index in [-0.39, 0.29) is 23.3 Å². The molecule has 0 aliphatic carbocycles. The third-order valence-electron chi connectivity index (χ3n) is 3.25. The smallest absolute Gasteiger partial charge is 0.294 e. The minimum Gasteiger partial charge on any atom is -0.353 e. The Balaban J connectivity index is 2.25. The molecule has 2 aromatic rings. The monoisotopic (exact) mass is 432 g/mol. The van der Waals surface area contributed by atoms with Crippen LogP contribution in [0.15, 0.2) is 29.2 Å². The van der Waals surface area contributed by atoms with Crippen LogP contribution in [-0.4, -0.2) is 59.7 Å². The van der Waals surface area contributed by atoms with E-state index in [0.717, 1.165) is 0 Å². The van der Waals surface area contributed by atoms with Crippen molar-refractivity contribution in [3.63, 3.8) is 0 Å². The topological polar surface area (TPSA) is 184 Å². The summed E-state index contributed by atoms with van der Waals surface area (Å²) in [5, 5.41) is 8.52. The molecule has 0 bridgehead atoms. The first-order valence-corrected chi connectivity index (χ1v) is 11.1. The largest absolute Gasteiger partial charge is 0.353 e. The number of nitrogens with one attached hydrogen (secondary N) is 3. The number of hydrogen-bond donors (Lipinski definition) is 5. The average Bonchev–Trinajstić information content (AvgIpc) is 2.58. The fraction of sp³-hybridized carbons (Fsp3) is 0.357. The summed E-state index contributed by atoms with van der Waals surface area (Å²) in [6, 6.07) is 5.41. The summed E-state index contributed by atoms with van der Waals surface area (Å²) in [4.78, 5) is 12.1. The van der Waals surface area contributed by atoms with Gasteiger partial charge in [0.15, 0.2) is 0 Å². The Hall–Kier alpha value is -2.39. The molecule has 1 aromatic carbocycles. The van der Waals surface area contributed by atoms with Crippen molar-refractivity contribution in [2.75, 3.05) is 29.5 Å². The molecular formula is C14H20N6O6S2. The van der Waals surface area contributed by atoms with E-state index in [1.807, 2.05) is 6.92 Å². The molecule has 0 spiro atoms. The third-order valence-corrected chi connectivity index (χ3v) is 4.82. The first-order chi connectivity index (χ1) is 13.1. The summed E-state index contributed by atoms with van der Waals surface area (Å²) in [6.07, 6.45) is 0. The van der Waals surface area contributed by atoms with Gasteiger partial charge in [-0.2, -0.15) is 31.8 Å². The van der Waals surface area contributed by atoms with Gasteiger partial charge < -0.3 is 16.0 Å². The minimum atomic E-state index is -4.37. The zero-order valence-electron chi connectivity index (χ0n) is 14.8. The van der Waals surface area contributed by atoms with Crippen molar-refractivity contribution in [2.45, 2.75) is 18.4 Å². The molecule has 154 valence electrons. The maximum absolute atomic E-state index is 11.3. The fourth-order valence-electron chi connectivity index (χ4n) is 2.03. The van der Waals surface area contributed by atoms with Gasteiger partial charge in [-0.25, -0.2) is 0 Å². The van der Waals surface area contributed by atoms with Gasteiger partial charge >= 0.3 is 0 Å². The van der Waals surface area contributed by atoms with Crippen LogP contribution >= 0.6 is 0 Å². The van der Waals surface area contributed by atoms with Crippen LogP contribution in [0, 0.1) is 0 Å². The molecule has 28 heavy (non-hydrogen) atoms. The number of rotatable bonds is 10. The van der Waals surface area contributed by atoms with Crippen molar-refractivity contribution in [2.24, 2.45) is 0 Å². The SMILES string of the molecule is CCNCc1nc(NCCS(=O)(=O)O)nc(Nc2cccc(S(=O)(=O)O)c2)n1. The third kappa shape index (κ3) is 7.32. The van der Waals surface area contributed by atoms with Gasteiger partial charge in [-0.15, -0.1) is 0 Å². The molecule has 2 rings (SSSR count). The number of hydrogen-bond acceptors (Lipinski definition) is 10. The molecule has 0 unspecified atom stereocenters. The van der Waals surface area contributed by atoms with Crippen LogP contribution in [0.5, 0.6) is 0 Å². The van der Waals surface area contributed by atoms with E-state index >= 15 is 0 Å². The molecule has 5 N–H and O–H groups in total. The van der Waals surface area contributed by atoms with Crippen LogP contribution in [0.4, 0.5) is 17.6 Å². The van der Waals surface area contributed by atoms with Crippen molar-refractivity contribution >= 4 is 37.8 Å². The van der Waals surface area contributed by atoms with Crippen molar-refractivity contribution in [3.05, 3.63) is 30.1 Å². The maximum Gasteiger partial charge on any atom is 0.294 e. The zero-order chi connectivity index (χ0) is 20.8. The second kappa shape index (κ2) is 9.20. The molecule has 0 saturated carbocycles. The Labute approximate surface area is 162 Å². The molecule has 14 heteroatoms. The molecule has 1 heterocycles. The molecule has 0 amide bonds. The Morgan fingerprint density at radius 3 is 2.39 bits per heavy atom. The Bertz CT molecular complexity index is 1030. The number of benzene rings is 1. The summed E-state index contributed by atoms with van der Waals surface area (Å²) in [5.74, 6) is -0.0372. The van der Waals surface area contributed by atoms with E-state index in [4.69, 9.17) is 9.11 Å². The van der Waals surface area contributed by atoms with Crippen molar-refractivity contribution in [3.8, 4) is 0 Å². The van der Waals surface area contributed by atoms with Gasteiger partial charge in [0, 0.05) is 12.2 Å². The summed E-state index contributed by atoms with van der Waals surface area (Å²) in [7, 11) is -8.51. The average molecular weight is 432 g/mol. The van der Waals surface area contributed by atoms with Crippen LogP contribution < -0.4 is 16.0 Å². The highest BCUT2D eigenvalue weighted by atomic mass is 32.2. The number of nitrogens with zero attached hydrogens (tertiary/aromatic N) is 3. The van der Waals surface area contributed by atoms with Crippen LogP contribution in [0.3, 0.4) is 0 Å². The Morgan fingerprint density at radius 1 is 1.04 bits per heavy atom. The lowest BCUT2D eigenvalue weighted by atomic mass is 10.3. The second-order valence-corrected chi connectivity index (χ2v) is 8.51. The van der Waals surface area contributed by atoms with E-state index in [1.165, 1.54) is 18.2 Å². The second-order valence-electron chi connectivity index (χ2n) is 5.52. The van der Waals surface area contributed by atoms with Gasteiger partial charge in [0.05, 0.1) is 17.2 Å². The standard InChI is InChI=1S/C14H20N6O6S2/c1-2-15-9-12-18-13(16-6-7-27(21,22)23)20-14(19-12)17-10-4-3-5-11(8-10)28(24,25)26/h3-5,8,15H,2,6-7,9H2,1H3,(H,21,22,23)(H,24,25,26)(H2,16,17,18,19,20). The highest BCUT2D eigenvalue weighted by Crippen LogP contribution is 2.18. The van der Waals surface area contributed by atoms with Gasteiger partial charge in [-0.05, 0) is 24.7 Å². The predicted octanol–water partition coefficient (Wildman–Crippen LogP) is 0.271. The van der Waals surface area contributed by atoms with Crippen LogP contribution in [0.25, 0.3) is 0 Å². The number of anilines is 3. The molecule has 0 radical (unpaired) electrons. The van der Waals surface area contributed by atoms with E-state index in [9.17, 15) is 16.8 Å². The molecule has 0 saturated heterocycles. The zero-order valence-corrected chi connectivity index (χ0v) is 16.5. The molecule has 0 aliphatic heterocycles. The normalized spacial score (nSPS) is 12.0. The van der Waals surface area contributed by atoms with Gasteiger partial charge in [0.1, 0.15) is 5.82 Å². The number of aromatic nitrogens is 3. The van der Waals surface area contributed by atoms with Gasteiger partial charge in [0.2, 0.25) is 11.9 Å². The molecule has 0 fully saturated rings. The van der Waals surface area contributed by atoms with Crippen molar-refractivity contribution in [1.82, 2.24) is 20.3 Å². The van der Waals surface area contributed by atoms with Gasteiger partial charge in [-0.3, -0.25) is 9.11 Å². The maximum atomic E-state index is 11.3. The van der Waals surface area contributed by atoms with E-state index in [1.54, 1.807) is 6.07 Å². The van der Waals surface area contributed by atoms with Crippen molar-refractivity contribution in [1.29, 1.82) is 0 Å². The lowest BCUT2D eigenvalue weighted by Gasteiger charge is -2.11. The lowest BCUT2D eigenvalue weighted by Crippen LogP contribution is -2.19. The first kappa shape index (κ1) is 21.9. The highest BCUT2D eigenvalue weighted by Gasteiger charge is 2.12. The summed E-state index contributed by atoms with van der Waals surface area (Å²) in [6.45, 7) is 2.75. The summed E-state index contributed by atoms with van der Waals surface area (Å²) in [5.41, 5.74) is 0.305. The molecule has 1 aromatic heterocycles. The van der Waals surface area contributed by atoms with Gasteiger partial charge in [0.25, 0.3) is 20.2 Å². The lowest BCUT2D eigenvalue weighted by molar-refractivity contribution is 0.481. The van der Waals surface area contributed by atoms with E-state index in [0.29, 0.717) is 24.6 Å². The summed E-state index contributed by atoms with van der Waals surface area (Å²) >= 11 is 0. The Kier molecular flexibility index (Phi) is 7.20. The molecular weight excluding hydrogens is 412 g/mol. The molecule has 0 atom stereocenters. The van der Waals surface area contributed by atoms with Gasteiger partial charge in [-0.1, -0.05) is 13.0 Å². The van der Waals surface area contributed by atoms with Crippen LogP contribution in [0.1, 0.15) is 12.7 Å². The highest BCUT2D eigenvalue weighted by molar-refractivity contribution is 7.86.